The van der Waals surface area contributed by atoms with E-state index in [2.05, 4.69) is 18.8 Å². The van der Waals surface area contributed by atoms with E-state index in [1.54, 1.807) is 0 Å². The first kappa shape index (κ1) is 17.5. The lowest BCUT2D eigenvalue weighted by molar-refractivity contribution is 0.241. The summed E-state index contributed by atoms with van der Waals surface area (Å²) in [7, 11) is 0. The predicted molar refractivity (Wildman–Crippen MR) is 80.9 cm³/mol. The van der Waals surface area contributed by atoms with Gasteiger partial charge in [0, 0.05) is 0 Å². The van der Waals surface area contributed by atoms with Crippen LogP contribution in [0.15, 0.2) is 12.8 Å². The summed E-state index contributed by atoms with van der Waals surface area (Å²) in [5.74, 6) is 0. The highest BCUT2D eigenvalue weighted by Gasteiger charge is 1.93. The van der Waals surface area contributed by atoms with E-state index in [0.717, 1.165) is 13.2 Å². The molecular weight excluding hydrogens is 222 g/mol. The third-order valence-corrected chi connectivity index (χ3v) is 3.23. The van der Waals surface area contributed by atoms with Crippen molar-refractivity contribution in [2.45, 2.75) is 71.1 Å². The van der Waals surface area contributed by atoms with E-state index < -0.39 is 0 Å². The molecule has 0 atom stereocenters. The van der Waals surface area contributed by atoms with Crippen molar-refractivity contribution in [1.82, 2.24) is 5.32 Å². The minimum absolute atomic E-state index is 0.843. The molecule has 108 valence electrons. The standard InChI is InChI=1S/C16H33NO/c1-3-17-15-13-11-9-7-5-6-8-10-12-14-16-18-4-2/h4,17H,2-3,5-16H2,1H3. The highest BCUT2D eigenvalue weighted by molar-refractivity contribution is 4.51. The second-order valence-electron chi connectivity index (χ2n) is 4.93. The number of ether oxygens (including phenoxy) is 1. The van der Waals surface area contributed by atoms with Gasteiger partial charge in [-0.2, -0.15) is 0 Å². The summed E-state index contributed by atoms with van der Waals surface area (Å²) in [6.45, 7) is 8.85. The smallest absolute Gasteiger partial charge is 0.0873 e. The molecule has 2 nitrogen and oxygen atoms in total. The molecule has 2 heteroatoms. The Morgan fingerprint density at radius 3 is 1.83 bits per heavy atom. The lowest BCUT2D eigenvalue weighted by Gasteiger charge is -2.03. The van der Waals surface area contributed by atoms with Gasteiger partial charge in [-0.1, -0.05) is 64.9 Å². The molecule has 0 aromatic heterocycles. The summed E-state index contributed by atoms with van der Waals surface area (Å²) in [4.78, 5) is 0. The van der Waals surface area contributed by atoms with Gasteiger partial charge in [-0.3, -0.25) is 0 Å². The van der Waals surface area contributed by atoms with E-state index in [1.807, 2.05) is 0 Å². The Kier molecular flexibility index (Phi) is 16.0. The van der Waals surface area contributed by atoms with Crippen molar-refractivity contribution in [2.75, 3.05) is 19.7 Å². The number of hydrogen-bond acceptors (Lipinski definition) is 2. The third-order valence-electron chi connectivity index (χ3n) is 3.23. The molecule has 18 heavy (non-hydrogen) atoms. The summed E-state index contributed by atoms with van der Waals surface area (Å²) < 4.78 is 5.09. The first-order valence-electron chi connectivity index (χ1n) is 7.85. The zero-order valence-corrected chi connectivity index (χ0v) is 12.4. The third kappa shape index (κ3) is 15.5. The lowest BCUT2D eigenvalue weighted by Crippen LogP contribution is -2.13. The van der Waals surface area contributed by atoms with E-state index in [4.69, 9.17) is 4.74 Å². The van der Waals surface area contributed by atoms with Gasteiger partial charge < -0.3 is 10.1 Å². The maximum Gasteiger partial charge on any atom is 0.0873 e. The molecule has 0 saturated carbocycles. The molecule has 0 fully saturated rings. The monoisotopic (exact) mass is 255 g/mol. The van der Waals surface area contributed by atoms with Crippen molar-refractivity contribution in [3.05, 3.63) is 12.8 Å². The van der Waals surface area contributed by atoms with Gasteiger partial charge in [0.05, 0.1) is 12.9 Å². The highest BCUT2D eigenvalue weighted by Crippen LogP contribution is 2.10. The Bertz CT molecular complexity index is 159. The molecule has 0 spiro atoms. The largest absolute Gasteiger partial charge is 0.502 e. The van der Waals surface area contributed by atoms with Crippen LogP contribution in [-0.2, 0) is 4.74 Å². The predicted octanol–water partition coefficient (Wildman–Crippen LogP) is 4.66. The molecule has 0 aliphatic carbocycles. The van der Waals surface area contributed by atoms with Gasteiger partial charge in [-0.25, -0.2) is 0 Å². The molecule has 0 rings (SSSR count). The van der Waals surface area contributed by atoms with Crippen molar-refractivity contribution in [3.8, 4) is 0 Å². The van der Waals surface area contributed by atoms with Crippen LogP contribution in [0.25, 0.3) is 0 Å². The first-order valence-corrected chi connectivity index (χ1v) is 7.85. The fraction of sp³-hybridized carbons (Fsp3) is 0.875. The fourth-order valence-corrected chi connectivity index (χ4v) is 2.11. The maximum atomic E-state index is 5.09. The minimum atomic E-state index is 0.843. The second-order valence-corrected chi connectivity index (χ2v) is 4.93. The van der Waals surface area contributed by atoms with Gasteiger partial charge in [0.25, 0.3) is 0 Å². The zero-order chi connectivity index (χ0) is 13.3. The van der Waals surface area contributed by atoms with Crippen molar-refractivity contribution in [2.24, 2.45) is 0 Å². The van der Waals surface area contributed by atoms with Crippen molar-refractivity contribution in [3.63, 3.8) is 0 Å². The minimum Gasteiger partial charge on any atom is -0.502 e. The van der Waals surface area contributed by atoms with Crippen LogP contribution in [0.2, 0.25) is 0 Å². The van der Waals surface area contributed by atoms with Crippen molar-refractivity contribution < 1.29 is 4.74 Å². The molecule has 0 aliphatic heterocycles. The molecule has 0 heterocycles. The molecular formula is C16H33NO. The normalized spacial score (nSPS) is 10.5. The average Bonchev–Trinajstić information content (AvgIpc) is 2.39. The van der Waals surface area contributed by atoms with Gasteiger partial charge in [0.1, 0.15) is 0 Å². The van der Waals surface area contributed by atoms with Crippen molar-refractivity contribution in [1.29, 1.82) is 0 Å². The molecule has 0 bridgehead atoms. The van der Waals surface area contributed by atoms with E-state index in [9.17, 15) is 0 Å². The quantitative estimate of drug-likeness (QED) is 0.339. The van der Waals surface area contributed by atoms with Crippen LogP contribution in [0.3, 0.4) is 0 Å². The SMILES string of the molecule is C=COCCCCCCCCCCCCNCC. The highest BCUT2D eigenvalue weighted by atomic mass is 16.5. The average molecular weight is 255 g/mol. The molecule has 0 amide bonds. The molecule has 0 unspecified atom stereocenters. The van der Waals surface area contributed by atoms with Crippen LogP contribution >= 0.6 is 0 Å². The maximum absolute atomic E-state index is 5.09. The Labute approximate surface area is 114 Å². The van der Waals surface area contributed by atoms with Gasteiger partial charge in [-0.05, 0) is 25.9 Å². The summed E-state index contributed by atoms with van der Waals surface area (Å²) in [6.07, 6.45) is 15.2. The van der Waals surface area contributed by atoms with Gasteiger partial charge in [0.2, 0.25) is 0 Å². The van der Waals surface area contributed by atoms with Crippen LogP contribution in [-0.4, -0.2) is 19.7 Å². The van der Waals surface area contributed by atoms with E-state index >= 15 is 0 Å². The molecule has 1 N–H and O–H groups in total. The van der Waals surface area contributed by atoms with Crippen LogP contribution in [0, 0.1) is 0 Å². The van der Waals surface area contributed by atoms with E-state index in [-0.39, 0.29) is 0 Å². The Hall–Kier alpha value is -0.500. The molecule has 0 aromatic rings. The lowest BCUT2D eigenvalue weighted by atomic mass is 10.1. The van der Waals surface area contributed by atoms with Gasteiger partial charge in [-0.15, -0.1) is 0 Å². The number of unbranched alkanes of at least 4 members (excludes halogenated alkanes) is 9. The fourth-order valence-electron chi connectivity index (χ4n) is 2.11. The van der Waals surface area contributed by atoms with Crippen LogP contribution in [0.1, 0.15) is 71.1 Å². The van der Waals surface area contributed by atoms with Gasteiger partial charge in [0.15, 0.2) is 0 Å². The van der Waals surface area contributed by atoms with Crippen LogP contribution in [0.5, 0.6) is 0 Å². The summed E-state index contributed by atoms with van der Waals surface area (Å²) in [6, 6.07) is 0. The second kappa shape index (κ2) is 16.5. The first-order chi connectivity index (χ1) is 8.91. The summed E-state index contributed by atoms with van der Waals surface area (Å²) in [5.41, 5.74) is 0. The molecule has 0 saturated heterocycles. The van der Waals surface area contributed by atoms with E-state index in [0.29, 0.717) is 0 Å². The van der Waals surface area contributed by atoms with Gasteiger partial charge >= 0.3 is 0 Å². The molecule has 0 aliphatic rings. The Morgan fingerprint density at radius 1 is 0.833 bits per heavy atom. The summed E-state index contributed by atoms with van der Waals surface area (Å²) in [5, 5.41) is 3.37. The van der Waals surface area contributed by atoms with E-state index in [1.165, 1.54) is 77.0 Å². The van der Waals surface area contributed by atoms with Crippen molar-refractivity contribution >= 4 is 0 Å². The van der Waals surface area contributed by atoms with Crippen LogP contribution in [0.4, 0.5) is 0 Å². The summed E-state index contributed by atoms with van der Waals surface area (Å²) >= 11 is 0. The number of hydrogen-bond donors (Lipinski definition) is 1. The number of rotatable bonds is 15. The zero-order valence-electron chi connectivity index (χ0n) is 12.4. The Morgan fingerprint density at radius 2 is 1.33 bits per heavy atom. The Balaban J connectivity index is 2.88. The molecule has 0 radical (unpaired) electrons. The van der Waals surface area contributed by atoms with Crippen LogP contribution < -0.4 is 5.32 Å². The number of nitrogens with one attached hydrogen (secondary N) is 1. The topological polar surface area (TPSA) is 21.3 Å². The molecule has 0 aromatic carbocycles.